The minimum Gasteiger partial charge on any atom is -0.454 e. The first kappa shape index (κ1) is 20.6. The maximum atomic E-state index is 13.2. The van der Waals surface area contributed by atoms with Crippen LogP contribution < -0.4 is 24.4 Å². The van der Waals surface area contributed by atoms with E-state index in [4.69, 9.17) is 14.2 Å². The monoisotopic (exact) mass is 442 g/mol. The molecule has 0 unspecified atom stereocenters. The van der Waals surface area contributed by atoms with Crippen molar-refractivity contribution in [2.75, 3.05) is 18.2 Å². The molecule has 7 heteroatoms. The molecule has 2 aliphatic rings. The number of nitrogens with one attached hydrogen (secondary N) is 1. The van der Waals surface area contributed by atoms with Gasteiger partial charge in [-0.05, 0) is 48.4 Å². The van der Waals surface area contributed by atoms with Crippen LogP contribution in [0.25, 0.3) is 6.08 Å². The fourth-order valence-electron chi connectivity index (χ4n) is 3.78. The predicted octanol–water partition coefficient (Wildman–Crippen LogP) is 3.81. The van der Waals surface area contributed by atoms with Gasteiger partial charge in [0.2, 0.25) is 12.7 Å². The number of aryl methyl sites for hydroxylation is 1. The Kier molecular flexibility index (Phi) is 5.44. The van der Waals surface area contributed by atoms with Crippen molar-refractivity contribution >= 4 is 23.6 Å². The second-order valence-electron chi connectivity index (χ2n) is 7.85. The Bertz CT molecular complexity index is 1270. The second-order valence-corrected chi connectivity index (χ2v) is 7.85. The number of rotatable bonds is 5. The number of fused-ring (bicyclic) bond motifs is 2. The van der Waals surface area contributed by atoms with E-state index in [1.165, 1.54) is 4.90 Å². The third-order valence-corrected chi connectivity index (χ3v) is 5.40. The summed E-state index contributed by atoms with van der Waals surface area (Å²) in [6.45, 7) is 2.36. The number of benzene rings is 3. The van der Waals surface area contributed by atoms with E-state index in [1.54, 1.807) is 18.2 Å². The molecule has 2 aliphatic heterocycles. The van der Waals surface area contributed by atoms with Gasteiger partial charge in [-0.15, -0.1) is 0 Å². The van der Waals surface area contributed by atoms with Gasteiger partial charge in [0, 0.05) is 6.54 Å². The zero-order chi connectivity index (χ0) is 22.8. The van der Waals surface area contributed by atoms with Crippen molar-refractivity contribution in [3.63, 3.8) is 0 Å². The first-order valence-corrected chi connectivity index (χ1v) is 10.6. The fraction of sp³-hybridized carbons (Fsp3) is 0.154. The van der Waals surface area contributed by atoms with Crippen molar-refractivity contribution in [2.24, 2.45) is 0 Å². The fourth-order valence-corrected chi connectivity index (χ4v) is 3.78. The van der Waals surface area contributed by atoms with Gasteiger partial charge in [0.1, 0.15) is 6.54 Å². The Labute approximate surface area is 191 Å². The molecule has 3 aromatic rings. The molecule has 166 valence electrons. The van der Waals surface area contributed by atoms with Gasteiger partial charge in [0.25, 0.3) is 5.91 Å². The van der Waals surface area contributed by atoms with Gasteiger partial charge < -0.3 is 19.5 Å². The van der Waals surface area contributed by atoms with E-state index in [2.05, 4.69) is 5.32 Å². The van der Waals surface area contributed by atoms with Crippen molar-refractivity contribution in [3.05, 3.63) is 89.2 Å². The SMILES string of the molecule is Cc1cccc(C=C2Oc3ccccc3N(CC(=O)NCc3ccc4c(c3)OCO4)C2=O)c1. The van der Waals surface area contributed by atoms with Crippen LogP contribution in [0, 0.1) is 6.92 Å². The highest BCUT2D eigenvalue weighted by molar-refractivity contribution is 6.12. The van der Waals surface area contributed by atoms with E-state index in [1.807, 2.05) is 61.5 Å². The van der Waals surface area contributed by atoms with Gasteiger partial charge in [-0.2, -0.15) is 0 Å². The Morgan fingerprint density at radius 2 is 1.85 bits per heavy atom. The van der Waals surface area contributed by atoms with Gasteiger partial charge >= 0.3 is 0 Å². The van der Waals surface area contributed by atoms with Gasteiger partial charge in [0.05, 0.1) is 5.69 Å². The molecule has 2 amide bonds. The molecule has 0 saturated carbocycles. The Morgan fingerprint density at radius 3 is 2.73 bits per heavy atom. The van der Waals surface area contributed by atoms with E-state index in [9.17, 15) is 9.59 Å². The van der Waals surface area contributed by atoms with Crippen molar-refractivity contribution in [1.29, 1.82) is 0 Å². The van der Waals surface area contributed by atoms with Crippen LogP contribution in [-0.4, -0.2) is 25.2 Å². The average Bonchev–Trinajstić information content (AvgIpc) is 3.28. The zero-order valence-electron chi connectivity index (χ0n) is 18.0. The standard InChI is InChI=1S/C26H22N2O5/c1-17-5-4-6-18(11-17)12-24-26(30)28(20-7-2-3-8-21(20)33-24)15-25(29)27-14-19-9-10-22-23(13-19)32-16-31-22/h2-13H,14-16H2,1H3,(H,27,29). The molecule has 7 nitrogen and oxygen atoms in total. The predicted molar refractivity (Wildman–Crippen MR) is 123 cm³/mol. The van der Waals surface area contributed by atoms with Crippen molar-refractivity contribution < 1.29 is 23.8 Å². The number of carbonyl (C=O) groups excluding carboxylic acids is 2. The molecule has 0 aromatic heterocycles. The van der Waals surface area contributed by atoms with Gasteiger partial charge in [0.15, 0.2) is 23.0 Å². The molecule has 1 N–H and O–H groups in total. The van der Waals surface area contributed by atoms with Gasteiger partial charge in [-0.1, -0.05) is 48.0 Å². The molecule has 0 atom stereocenters. The maximum Gasteiger partial charge on any atom is 0.294 e. The summed E-state index contributed by atoms with van der Waals surface area (Å²) < 4.78 is 16.6. The summed E-state index contributed by atoms with van der Waals surface area (Å²) in [5, 5.41) is 2.87. The molecule has 0 radical (unpaired) electrons. The van der Waals surface area contributed by atoms with Crippen molar-refractivity contribution in [1.82, 2.24) is 5.32 Å². The van der Waals surface area contributed by atoms with E-state index in [0.717, 1.165) is 16.7 Å². The first-order valence-electron chi connectivity index (χ1n) is 10.6. The van der Waals surface area contributed by atoms with Gasteiger partial charge in [-0.3, -0.25) is 14.5 Å². The molecule has 33 heavy (non-hydrogen) atoms. The van der Waals surface area contributed by atoms with Crippen molar-refractivity contribution in [3.8, 4) is 17.2 Å². The summed E-state index contributed by atoms with van der Waals surface area (Å²) in [5.41, 5.74) is 3.36. The molecule has 5 rings (SSSR count). The topological polar surface area (TPSA) is 77.1 Å². The number of carbonyl (C=O) groups is 2. The third kappa shape index (κ3) is 4.39. The summed E-state index contributed by atoms with van der Waals surface area (Å²) in [6.07, 6.45) is 1.70. The summed E-state index contributed by atoms with van der Waals surface area (Å²) >= 11 is 0. The maximum absolute atomic E-state index is 13.2. The number of hydrogen-bond donors (Lipinski definition) is 1. The van der Waals surface area contributed by atoms with E-state index < -0.39 is 0 Å². The quantitative estimate of drug-likeness (QED) is 0.608. The van der Waals surface area contributed by atoms with Gasteiger partial charge in [-0.25, -0.2) is 0 Å². The number of anilines is 1. The highest BCUT2D eigenvalue weighted by Crippen LogP contribution is 2.35. The molecule has 0 saturated heterocycles. The molecule has 0 bridgehead atoms. The number of ether oxygens (including phenoxy) is 3. The summed E-state index contributed by atoms with van der Waals surface area (Å²) in [7, 11) is 0. The number of nitrogens with zero attached hydrogens (tertiary/aromatic N) is 1. The van der Waals surface area contributed by atoms with Crippen LogP contribution in [0.2, 0.25) is 0 Å². The third-order valence-electron chi connectivity index (χ3n) is 5.40. The van der Waals surface area contributed by atoms with E-state index in [-0.39, 0.29) is 30.9 Å². The molecule has 2 heterocycles. The van der Waals surface area contributed by atoms with Crippen LogP contribution in [0.5, 0.6) is 17.2 Å². The Hall–Kier alpha value is -4.26. The lowest BCUT2D eigenvalue weighted by atomic mass is 10.1. The number of para-hydroxylation sites is 2. The lowest BCUT2D eigenvalue weighted by molar-refractivity contribution is -0.123. The first-order chi connectivity index (χ1) is 16.1. The highest BCUT2D eigenvalue weighted by atomic mass is 16.7. The smallest absolute Gasteiger partial charge is 0.294 e. The normalized spacial score (nSPS) is 15.2. The Morgan fingerprint density at radius 1 is 1.00 bits per heavy atom. The number of amides is 2. The summed E-state index contributed by atoms with van der Waals surface area (Å²) in [5.74, 6) is 1.39. The van der Waals surface area contributed by atoms with E-state index in [0.29, 0.717) is 29.5 Å². The van der Waals surface area contributed by atoms with Crippen LogP contribution >= 0.6 is 0 Å². The molecule has 0 fully saturated rings. The van der Waals surface area contributed by atoms with Crippen molar-refractivity contribution in [2.45, 2.75) is 13.5 Å². The lowest BCUT2D eigenvalue weighted by Gasteiger charge is -2.30. The molecule has 0 aliphatic carbocycles. The molecule has 0 spiro atoms. The van der Waals surface area contributed by atoms with Crippen LogP contribution in [0.3, 0.4) is 0 Å². The van der Waals surface area contributed by atoms with Crippen LogP contribution in [-0.2, 0) is 16.1 Å². The molecular formula is C26H22N2O5. The highest BCUT2D eigenvalue weighted by Gasteiger charge is 2.31. The van der Waals surface area contributed by atoms with Crippen LogP contribution in [0.1, 0.15) is 16.7 Å². The minimum absolute atomic E-state index is 0.130. The largest absolute Gasteiger partial charge is 0.454 e. The summed E-state index contributed by atoms with van der Waals surface area (Å²) in [6, 6.07) is 20.5. The van der Waals surface area contributed by atoms with Crippen LogP contribution in [0.4, 0.5) is 5.69 Å². The second kappa shape index (κ2) is 8.70. The number of hydrogen-bond acceptors (Lipinski definition) is 5. The summed E-state index contributed by atoms with van der Waals surface area (Å²) in [4.78, 5) is 27.4. The lowest BCUT2D eigenvalue weighted by Crippen LogP contribution is -2.44. The Balaban J connectivity index is 1.33. The van der Waals surface area contributed by atoms with Crippen LogP contribution in [0.15, 0.2) is 72.5 Å². The zero-order valence-corrected chi connectivity index (χ0v) is 18.0. The average molecular weight is 442 g/mol. The van der Waals surface area contributed by atoms with E-state index >= 15 is 0 Å². The molecular weight excluding hydrogens is 420 g/mol. The molecule has 3 aromatic carbocycles. The minimum atomic E-state index is -0.367.